The molecule has 0 saturated heterocycles. The Balaban J connectivity index is 3.18. The number of aryl methyl sites for hydroxylation is 1. The van der Waals surface area contributed by atoms with E-state index in [-0.39, 0.29) is 23.4 Å². The third kappa shape index (κ3) is 10.6. The Hall–Kier alpha value is -2.77. The molecule has 0 aliphatic rings. The van der Waals surface area contributed by atoms with Crippen molar-refractivity contribution in [2.75, 3.05) is 13.1 Å². The average molecular weight is 497 g/mol. The number of carbonyl (C=O) groups excluding carboxylic acids is 2. The van der Waals surface area contributed by atoms with Gasteiger partial charge in [-0.3, -0.25) is 9.59 Å². The minimum atomic E-state index is -4.49. The van der Waals surface area contributed by atoms with Crippen LogP contribution in [0.5, 0.6) is 0 Å². The number of alkyl halides is 3. The standard InChI is InChI=1S/C27H39F3N2O3/c1-10-21(12-20(6)25(34)35-26(7,8)9)14-32(17(2)3)15-22-13-23(19(5)11-18(22)4)24(33)31-16-27(28,29)30/h11,13,15,20-21H,2,4,10,12,14,16H2,1,3,5-9H3,(H,31,33)/b22-15-. The van der Waals surface area contributed by atoms with E-state index in [4.69, 9.17) is 4.74 Å². The van der Waals surface area contributed by atoms with Crippen LogP contribution in [0.15, 0.2) is 24.4 Å². The van der Waals surface area contributed by atoms with Gasteiger partial charge >= 0.3 is 12.1 Å². The summed E-state index contributed by atoms with van der Waals surface area (Å²) in [6.07, 6.45) is -1.25. The summed E-state index contributed by atoms with van der Waals surface area (Å²) in [4.78, 5) is 26.7. The van der Waals surface area contributed by atoms with Gasteiger partial charge < -0.3 is 15.0 Å². The second-order valence-electron chi connectivity index (χ2n) is 10.1. The Morgan fingerprint density at radius 3 is 2.31 bits per heavy atom. The summed E-state index contributed by atoms with van der Waals surface area (Å²) in [5.41, 5.74) is 0.882. The van der Waals surface area contributed by atoms with Crippen molar-refractivity contribution in [2.24, 2.45) is 11.8 Å². The number of amides is 1. The lowest BCUT2D eigenvalue weighted by Crippen LogP contribution is -2.36. The summed E-state index contributed by atoms with van der Waals surface area (Å²) in [7, 11) is 0. The average Bonchev–Trinajstić information content (AvgIpc) is 2.70. The molecule has 1 rings (SSSR count). The number of ether oxygens (including phenoxy) is 1. The predicted octanol–water partition coefficient (Wildman–Crippen LogP) is 4.67. The van der Waals surface area contributed by atoms with Crippen molar-refractivity contribution in [3.8, 4) is 0 Å². The molecule has 0 aliphatic heterocycles. The third-order valence-corrected chi connectivity index (χ3v) is 5.49. The van der Waals surface area contributed by atoms with Gasteiger partial charge in [-0.1, -0.05) is 39.5 Å². The van der Waals surface area contributed by atoms with E-state index in [1.165, 1.54) is 0 Å². The lowest BCUT2D eigenvalue weighted by molar-refractivity contribution is -0.160. The van der Waals surface area contributed by atoms with Gasteiger partial charge in [0.15, 0.2) is 0 Å². The second-order valence-corrected chi connectivity index (χ2v) is 10.1. The molecule has 0 heterocycles. The third-order valence-electron chi connectivity index (χ3n) is 5.49. The molecule has 35 heavy (non-hydrogen) atoms. The molecule has 1 amide bonds. The molecule has 1 aromatic rings. The fourth-order valence-electron chi connectivity index (χ4n) is 3.56. The number of rotatable bonds is 10. The lowest BCUT2D eigenvalue weighted by Gasteiger charge is -2.28. The number of benzene rings is 1. The fourth-order valence-corrected chi connectivity index (χ4v) is 3.56. The molecule has 2 unspecified atom stereocenters. The maximum Gasteiger partial charge on any atom is 0.405 e. The zero-order valence-corrected chi connectivity index (χ0v) is 21.9. The van der Waals surface area contributed by atoms with Gasteiger partial charge in [-0.05, 0) is 69.0 Å². The number of allylic oxidation sites excluding steroid dienone is 1. The van der Waals surface area contributed by atoms with Crippen LogP contribution in [0.2, 0.25) is 0 Å². The van der Waals surface area contributed by atoms with Crippen LogP contribution in [0.4, 0.5) is 13.2 Å². The SMILES string of the molecule is C=C(C)N(/C=c1/cc(C(=O)NCC(F)(F)F)c(C)cc1=C)CC(CC)CC(C)C(=O)OC(C)(C)C. The van der Waals surface area contributed by atoms with Crippen molar-refractivity contribution in [2.45, 2.75) is 73.1 Å². The van der Waals surface area contributed by atoms with Crippen molar-refractivity contribution in [3.05, 3.63) is 46.0 Å². The summed E-state index contributed by atoms with van der Waals surface area (Å²) < 4.78 is 43.1. The Labute approximate surface area is 206 Å². The number of hydrogen-bond acceptors (Lipinski definition) is 4. The second kappa shape index (κ2) is 12.3. The van der Waals surface area contributed by atoms with Crippen LogP contribution < -0.4 is 15.8 Å². The van der Waals surface area contributed by atoms with Crippen molar-refractivity contribution in [1.29, 1.82) is 0 Å². The highest BCUT2D eigenvalue weighted by molar-refractivity contribution is 5.95. The first-order valence-electron chi connectivity index (χ1n) is 11.7. The lowest BCUT2D eigenvalue weighted by atomic mass is 9.93. The Morgan fingerprint density at radius 1 is 1.23 bits per heavy atom. The molecule has 0 saturated carbocycles. The molecule has 0 aromatic heterocycles. The van der Waals surface area contributed by atoms with Gasteiger partial charge in [0.1, 0.15) is 12.1 Å². The van der Waals surface area contributed by atoms with Crippen molar-refractivity contribution < 1.29 is 27.5 Å². The van der Waals surface area contributed by atoms with E-state index in [1.807, 2.05) is 51.8 Å². The maximum atomic E-state index is 12.5. The molecule has 0 spiro atoms. The van der Waals surface area contributed by atoms with Gasteiger partial charge in [-0.2, -0.15) is 13.2 Å². The van der Waals surface area contributed by atoms with Gasteiger partial charge in [0.25, 0.3) is 5.91 Å². The highest BCUT2D eigenvalue weighted by Gasteiger charge is 2.28. The molecule has 1 aromatic carbocycles. The maximum absolute atomic E-state index is 12.5. The molecule has 0 aliphatic carbocycles. The fraction of sp³-hybridized carbons (Fsp3) is 0.556. The number of nitrogens with one attached hydrogen (secondary N) is 1. The van der Waals surface area contributed by atoms with Crippen LogP contribution in [-0.2, 0) is 9.53 Å². The molecule has 0 fully saturated rings. The summed E-state index contributed by atoms with van der Waals surface area (Å²) in [5, 5.41) is 3.16. The zero-order chi connectivity index (χ0) is 27.1. The smallest absolute Gasteiger partial charge is 0.405 e. The topological polar surface area (TPSA) is 58.6 Å². The van der Waals surface area contributed by atoms with Gasteiger partial charge in [0.05, 0.1) is 5.92 Å². The van der Waals surface area contributed by atoms with E-state index < -0.39 is 24.2 Å². The normalized spacial score (nSPS) is 14.3. The minimum Gasteiger partial charge on any atom is -0.460 e. The minimum absolute atomic E-state index is 0.152. The summed E-state index contributed by atoms with van der Waals surface area (Å²) in [6.45, 7) is 20.1. The van der Waals surface area contributed by atoms with Crippen LogP contribution in [0, 0.1) is 18.8 Å². The Kier molecular flexibility index (Phi) is 10.6. The Bertz CT molecular complexity index is 1030. The molecule has 0 radical (unpaired) electrons. The van der Waals surface area contributed by atoms with Crippen LogP contribution in [0.1, 0.15) is 70.3 Å². The van der Waals surface area contributed by atoms with Crippen molar-refractivity contribution in [1.82, 2.24) is 10.2 Å². The molecular formula is C27H39F3N2O3. The van der Waals surface area contributed by atoms with Crippen LogP contribution >= 0.6 is 0 Å². The van der Waals surface area contributed by atoms with Crippen molar-refractivity contribution >= 4 is 24.7 Å². The molecule has 1 N–H and O–H groups in total. The molecule has 8 heteroatoms. The van der Waals surface area contributed by atoms with E-state index >= 15 is 0 Å². The highest BCUT2D eigenvalue weighted by Crippen LogP contribution is 2.22. The van der Waals surface area contributed by atoms with Gasteiger partial charge in [0.2, 0.25) is 0 Å². The van der Waals surface area contributed by atoms with E-state index in [0.717, 1.165) is 12.1 Å². The first-order valence-corrected chi connectivity index (χ1v) is 11.7. The summed E-state index contributed by atoms with van der Waals surface area (Å²) >= 11 is 0. The monoisotopic (exact) mass is 496 g/mol. The largest absolute Gasteiger partial charge is 0.460 e. The van der Waals surface area contributed by atoms with Crippen molar-refractivity contribution in [3.63, 3.8) is 0 Å². The molecule has 5 nitrogen and oxygen atoms in total. The number of carbonyl (C=O) groups is 2. The van der Waals surface area contributed by atoms with E-state index in [0.29, 0.717) is 29.0 Å². The molecular weight excluding hydrogens is 457 g/mol. The van der Waals surface area contributed by atoms with E-state index in [9.17, 15) is 22.8 Å². The number of nitrogens with zero attached hydrogens (tertiary/aromatic N) is 1. The van der Waals surface area contributed by atoms with Gasteiger partial charge in [-0.15, -0.1) is 0 Å². The Morgan fingerprint density at radius 2 is 1.83 bits per heavy atom. The van der Waals surface area contributed by atoms with Crippen LogP contribution in [0.25, 0.3) is 12.8 Å². The molecule has 0 bridgehead atoms. The first-order chi connectivity index (χ1) is 15.9. The molecule has 196 valence electrons. The first kappa shape index (κ1) is 30.3. The van der Waals surface area contributed by atoms with E-state index in [1.54, 1.807) is 25.3 Å². The predicted molar refractivity (Wildman–Crippen MR) is 134 cm³/mol. The number of halogens is 3. The zero-order valence-electron chi connectivity index (χ0n) is 21.9. The molecule has 2 atom stereocenters. The number of hydrogen-bond donors (Lipinski definition) is 1. The van der Waals surface area contributed by atoms with Gasteiger partial charge in [0, 0.05) is 24.0 Å². The van der Waals surface area contributed by atoms with Gasteiger partial charge in [-0.25, -0.2) is 0 Å². The number of esters is 1. The van der Waals surface area contributed by atoms with Crippen LogP contribution in [0.3, 0.4) is 0 Å². The summed E-state index contributed by atoms with van der Waals surface area (Å²) in [6, 6.07) is 3.22. The summed E-state index contributed by atoms with van der Waals surface area (Å²) in [5.74, 6) is -1.17. The quantitative estimate of drug-likeness (QED) is 0.479. The van der Waals surface area contributed by atoms with Crippen LogP contribution in [-0.4, -0.2) is 41.6 Å². The highest BCUT2D eigenvalue weighted by atomic mass is 19.4. The van der Waals surface area contributed by atoms with E-state index in [2.05, 4.69) is 13.2 Å².